The van der Waals surface area contributed by atoms with E-state index in [4.69, 9.17) is 5.11 Å². The van der Waals surface area contributed by atoms with Crippen molar-refractivity contribution < 1.29 is 19.8 Å². The normalized spacial score (nSPS) is 13.9. The zero-order chi connectivity index (χ0) is 29.5. The first kappa shape index (κ1) is 37.6. The molecule has 0 aliphatic carbocycles. The SMILES string of the molecule is CCC=CCC=CCC=CCCCCCCC(C(=O)O)C(CCCC=CCC=CCCCCC)CCCC(=O)O. The number of aliphatic carboxylic acids is 2. The number of carbonyl (C=O) groups is 2. The van der Waals surface area contributed by atoms with Crippen molar-refractivity contribution in [3.8, 4) is 0 Å². The van der Waals surface area contributed by atoms with Crippen LogP contribution in [0.2, 0.25) is 0 Å². The number of hydrogen-bond acceptors (Lipinski definition) is 2. The number of unbranched alkanes of at least 4 members (excludes halogenated alkanes) is 8. The Bertz CT molecular complexity index is 744. The standard InChI is InChI=1S/C36H60O4/c1-3-5-7-9-11-13-15-16-17-19-21-23-25-27-31-34(36(39)40)33(30-28-32-35(37)38)29-26-24-22-20-18-14-12-10-8-6-4-2/h5,7,11-14,16-17,20,22,33-34H,3-4,6,8-10,15,18-19,21,23-32H2,1-2H3,(H,37,38)(H,39,40). The second-order valence-corrected chi connectivity index (χ2v) is 10.9. The minimum absolute atomic E-state index is 0.0529. The van der Waals surface area contributed by atoms with E-state index in [1.165, 1.54) is 19.3 Å². The van der Waals surface area contributed by atoms with Crippen LogP contribution in [0.25, 0.3) is 0 Å². The van der Waals surface area contributed by atoms with Gasteiger partial charge in [-0.05, 0) is 95.8 Å². The lowest BCUT2D eigenvalue weighted by atomic mass is 9.81. The lowest BCUT2D eigenvalue weighted by molar-refractivity contribution is -0.144. The van der Waals surface area contributed by atoms with Gasteiger partial charge in [0.15, 0.2) is 0 Å². The Morgan fingerprint density at radius 1 is 0.550 bits per heavy atom. The molecule has 40 heavy (non-hydrogen) atoms. The number of allylic oxidation sites excluding steroid dienone is 10. The molecule has 2 unspecified atom stereocenters. The van der Waals surface area contributed by atoms with Crippen LogP contribution in [-0.4, -0.2) is 22.2 Å². The molecule has 0 saturated carbocycles. The summed E-state index contributed by atoms with van der Waals surface area (Å²) >= 11 is 0. The molecular formula is C36H60O4. The minimum atomic E-state index is -0.800. The van der Waals surface area contributed by atoms with Gasteiger partial charge in [-0.15, -0.1) is 0 Å². The van der Waals surface area contributed by atoms with E-state index in [0.717, 1.165) is 83.5 Å². The molecule has 0 aliphatic heterocycles. The Kier molecular flexibility index (Phi) is 27.9. The van der Waals surface area contributed by atoms with Crippen LogP contribution in [0.15, 0.2) is 60.8 Å². The molecule has 228 valence electrons. The van der Waals surface area contributed by atoms with Crippen molar-refractivity contribution in [2.24, 2.45) is 11.8 Å². The molecule has 0 aromatic rings. The van der Waals surface area contributed by atoms with Crippen LogP contribution >= 0.6 is 0 Å². The quantitative estimate of drug-likeness (QED) is 0.0742. The zero-order valence-corrected chi connectivity index (χ0v) is 25.8. The van der Waals surface area contributed by atoms with Gasteiger partial charge in [-0.25, -0.2) is 0 Å². The number of hydrogen-bond donors (Lipinski definition) is 2. The van der Waals surface area contributed by atoms with Gasteiger partial charge in [0.1, 0.15) is 0 Å². The van der Waals surface area contributed by atoms with Crippen molar-refractivity contribution >= 4 is 11.9 Å². The molecule has 0 amide bonds. The monoisotopic (exact) mass is 556 g/mol. The second kappa shape index (κ2) is 29.6. The maximum Gasteiger partial charge on any atom is 0.306 e. The molecule has 4 nitrogen and oxygen atoms in total. The smallest absolute Gasteiger partial charge is 0.306 e. The first-order valence-corrected chi connectivity index (χ1v) is 16.2. The van der Waals surface area contributed by atoms with E-state index in [1.807, 2.05) is 0 Å². The molecule has 2 atom stereocenters. The zero-order valence-electron chi connectivity index (χ0n) is 25.8. The van der Waals surface area contributed by atoms with Crippen LogP contribution in [0.4, 0.5) is 0 Å². The van der Waals surface area contributed by atoms with Crippen LogP contribution in [0.1, 0.15) is 142 Å². The highest BCUT2D eigenvalue weighted by atomic mass is 16.4. The molecule has 0 radical (unpaired) electrons. The predicted octanol–water partition coefficient (Wildman–Crippen LogP) is 11.0. The largest absolute Gasteiger partial charge is 0.481 e. The highest BCUT2D eigenvalue weighted by Gasteiger charge is 2.27. The van der Waals surface area contributed by atoms with Crippen molar-refractivity contribution in [3.05, 3.63) is 60.8 Å². The predicted molar refractivity (Wildman–Crippen MR) is 172 cm³/mol. The molecule has 0 rings (SSSR count). The summed E-state index contributed by atoms with van der Waals surface area (Å²) in [5, 5.41) is 19.0. The summed E-state index contributed by atoms with van der Waals surface area (Å²) in [6.45, 7) is 4.36. The lowest BCUT2D eigenvalue weighted by Crippen LogP contribution is -2.24. The van der Waals surface area contributed by atoms with Gasteiger partial charge in [-0.2, -0.15) is 0 Å². The van der Waals surface area contributed by atoms with Gasteiger partial charge in [-0.1, -0.05) is 107 Å². The average Bonchev–Trinajstić information content (AvgIpc) is 2.92. The van der Waals surface area contributed by atoms with Gasteiger partial charge in [-0.3, -0.25) is 9.59 Å². The second-order valence-electron chi connectivity index (χ2n) is 10.9. The average molecular weight is 557 g/mol. The fourth-order valence-corrected chi connectivity index (χ4v) is 4.95. The Balaban J connectivity index is 4.38. The maximum absolute atomic E-state index is 12.1. The molecule has 0 aliphatic rings. The summed E-state index contributed by atoms with van der Waals surface area (Å²) in [4.78, 5) is 23.2. The maximum atomic E-state index is 12.1. The first-order valence-electron chi connectivity index (χ1n) is 16.2. The molecule has 0 aromatic carbocycles. The van der Waals surface area contributed by atoms with Crippen LogP contribution in [-0.2, 0) is 9.59 Å². The van der Waals surface area contributed by atoms with Crippen LogP contribution < -0.4 is 0 Å². The van der Waals surface area contributed by atoms with E-state index in [-0.39, 0.29) is 18.3 Å². The summed E-state index contributed by atoms with van der Waals surface area (Å²) in [6, 6.07) is 0. The van der Waals surface area contributed by atoms with Crippen molar-refractivity contribution in [2.45, 2.75) is 142 Å². The third-order valence-corrected chi connectivity index (χ3v) is 7.29. The van der Waals surface area contributed by atoms with E-state index >= 15 is 0 Å². The highest BCUT2D eigenvalue weighted by molar-refractivity contribution is 5.70. The van der Waals surface area contributed by atoms with Crippen LogP contribution in [0, 0.1) is 11.8 Å². The lowest BCUT2D eigenvalue weighted by Gasteiger charge is -2.24. The molecule has 4 heteroatoms. The Morgan fingerprint density at radius 2 is 1.05 bits per heavy atom. The molecule has 0 heterocycles. The number of carboxylic acids is 2. The fraction of sp³-hybridized carbons (Fsp3) is 0.667. The highest BCUT2D eigenvalue weighted by Crippen LogP contribution is 2.29. The third-order valence-electron chi connectivity index (χ3n) is 7.29. The summed E-state index contributed by atoms with van der Waals surface area (Å²) in [6.07, 6.45) is 41.3. The van der Waals surface area contributed by atoms with Crippen molar-refractivity contribution in [2.75, 3.05) is 0 Å². The van der Waals surface area contributed by atoms with Crippen molar-refractivity contribution in [3.63, 3.8) is 0 Å². The third kappa shape index (κ3) is 25.9. The summed E-state index contributed by atoms with van der Waals surface area (Å²) in [5.74, 6) is -1.84. The van der Waals surface area contributed by atoms with E-state index < -0.39 is 11.9 Å². The number of rotatable bonds is 28. The van der Waals surface area contributed by atoms with Crippen molar-refractivity contribution in [1.82, 2.24) is 0 Å². The van der Waals surface area contributed by atoms with Crippen LogP contribution in [0.3, 0.4) is 0 Å². The Labute approximate surface area is 246 Å². The van der Waals surface area contributed by atoms with E-state index in [0.29, 0.717) is 19.3 Å². The summed E-state index contributed by atoms with van der Waals surface area (Å²) in [5.41, 5.74) is 0. The molecule has 0 fully saturated rings. The van der Waals surface area contributed by atoms with Crippen molar-refractivity contribution in [1.29, 1.82) is 0 Å². The van der Waals surface area contributed by atoms with Gasteiger partial charge >= 0.3 is 11.9 Å². The van der Waals surface area contributed by atoms with Crippen LogP contribution in [0.5, 0.6) is 0 Å². The summed E-state index contributed by atoms with van der Waals surface area (Å²) < 4.78 is 0. The first-order chi connectivity index (χ1) is 19.5. The summed E-state index contributed by atoms with van der Waals surface area (Å²) in [7, 11) is 0. The number of carboxylic acid groups (broad SMARTS) is 2. The Morgan fingerprint density at radius 3 is 1.60 bits per heavy atom. The molecule has 0 aromatic heterocycles. The molecule has 0 saturated heterocycles. The van der Waals surface area contributed by atoms with Gasteiger partial charge in [0.25, 0.3) is 0 Å². The molecule has 0 spiro atoms. The van der Waals surface area contributed by atoms with Gasteiger partial charge in [0, 0.05) is 6.42 Å². The van der Waals surface area contributed by atoms with Gasteiger partial charge < -0.3 is 10.2 Å². The van der Waals surface area contributed by atoms with E-state index in [9.17, 15) is 14.7 Å². The minimum Gasteiger partial charge on any atom is -0.481 e. The molecular weight excluding hydrogens is 496 g/mol. The topological polar surface area (TPSA) is 74.6 Å². The van der Waals surface area contributed by atoms with E-state index in [1.54, 1.807) is 0 Å². The van der Waals surface area contributed by atoms with E-state index in [2.05, 4.69) is 74.6 Å². The van der Waals surface area contributed by atoms with Gasteiger partial charge in [0.2, 0.25) is 0 Å². The fourth-order valence-electron chi connectivity index (χ4n) is 4.95. The molecule has 0 bridgehead atoms. The Hall–Kier alpha value is -2.36. The molecule has 2 N–H and O–H groups in total. The van der Waals surface area contributed by atoms with Gasteiger partial charge in [0.05, 0.1) is 5.92 Å².